The topological polar surface area (TPSA) is 74.8 Å². The molecule has 2 heterocycles. The predicted molar refractivity (Wildman–Crippen MR) is 99.4 cm³/mol. The highest BCUT2D eigenvalue weighted by Crippen LogP contribution is 2.22. The highest BCUT2D eigenvalue weighted by molar-refractivity contribution is 9.11. The van der Waals surface area contributed by atoms with Gasteiger partial charge in [-0.25, -0.2) is 4.98 Å². The summed E-state index contributed by atoms with van der Waals surface area (Å²) in [4.78, 5) is 32.3. The van der Waals surface area contributed by atoms with Gasteiger partial charge >= 0.3 is 0 Å². The Labute approximate surface area is 151 Å². The van der Waals surface area contributed by atoms with Gasteiger partial charge in [0.2, 0.25) is 5.91 Å². The molecule has 0 saturated carbocycles. The summed E-state index contributed by atoms with van der Waals surface area (Å²) in [5.41, 5.74) is 0.485. The molecule has 0 aliphatic rings. The van der Waals surface area contributed by atoms with Crippen molar-refractivity contribution >= 4 is 44.1 Å². The first-order chi connectivity index (χ1) is 11.6. The number of nitrogens with one attached hydrogen (secondary N) is 2. The first-order valence-corrected chi connectivity index (χ1v) is 9.21. The summed E-state index contributed by atoms with van der Waals surface area (Å²) in [7, 11) is 0. The van der Waals surface area contributed by atoms with Crippen LogP contribution in [0.1, 0.15) is 17.1 Å². The zero-order chi connectivity index (χ0) is 16.9. The molecule has 1 aromatic carbocycles. The summed E-state index contributed by atoms with van der Waals surface area (Å²) < 4.78 is 1.09. The minimum atomic E-state index is -0.167. The van der Waals surface area contributed by atoms with Crippen molar-refractivity contribution in [3.63, 3.8) is 0 Å². The average molecular weight is 406 g/mol. The van der Waals surface area contributed by atoms with Gasteiger partial charge < -0.3 is 10.3 Å². The molecule has 2 aromatic heterocycles. The number of rotatable bonds is 6. The number of aromatic amines is 1. The van der Waals surface area contributed by atoms with Crippen LogP contribution in [0.25, 0.3) is 10.9 Å². The normalized spacial score (nSPS) is 10.9. The lowest BCUT2D eigenvalue weighted by Crippen LogP contribution is -2.26. The van der Waals surface area contributed by atoms with E-state index in [0.717, 1.165) is 10.2 Å². The van der Waals surface area contributed by atoms with E-state index in [4.69, 9.17) is 0 Å². The Balaban J connectivity index is 1.51. The van der Waals surface area contributed by atoms with Crippen LogP contribution >= 0.6 is 27.3 Å². The molecule has 0 unspecified atom stereocenters. The molecule has 7 heteroatoms. The predicted octanol–water partition coefficient (Wildman–Crippen LogP) is 3.04. The lowest BCUT2D eigenvalue weighted by molar-refractivity contribution is -0.121. The number of carbonyl (C=O) groups is 1. The smallest absolute Gasteiger partial charge is 0.258 e. The van der Waals surface area contributed by atoms with Gasteiger partial charge in [0.15, 0.2) is 0 Å². The molecular formula is C17H16BrN3O2S. The molecule has 0 fully saturated rings. The molecule has 3 rings (SSSR count). The van der Waals surface area contributed by atoms with Crippen molar-refractivity contribution < 1.29 is 4.79 Å². The number of carbonyl (C=O) groups excluding carboxylic acids is 1. The quantitative estimate of drug-likeness (QED) is 0.661. The zero-order valence-electron chi connectivity index (χ0n) is 12.8. The third kappa shape index (κ3) is 4.30. The molecule has 124 valence electrons. The SMILES string of the molecule is O=C(CCc1nc2ccccc2c(=O)[nH]1)NCCc1ccc(Br)s1. The third-order valence-corrected chi connectivity index (χ3v) is 5.26. The van der Waals surface area contributed by atoms with Crippen molar-refractivity contribution in [2.75, 3.05) is 6.54 Å². The van der Waals surface area contributed by atoms with Crippen molar-refractivity contribution in [1.82, 2.24) is 15.3 Å². The maximum absolute atomic E-state index is 12.0. The van der Waals surface area contributed by atoms with Crippen molar-refractivity contribution in [2.45, 2.75) is 19.3 Å². The minimum Gasteiger partial charge on any atom is -0.356 e. The number of fused-ring (bicyclic) bond motifs is 1. The number of H-pyrrole nitrogens is 1. The van der Waals surface area contributed by atoms with Gasteiger partial charge in [0.1, 0.15) is 5.82 Å². The van der Waals surface area contributed by atoms with E-state index in [1.165, 1.54) is 4.88 Å². The number of hydrogen-bond donors (Lipinski definition) is 2. The number of aromatic nitrogens is 2. The van der Waals surface area contributed by atoms with Crippen LogP contribution in [0.15, 0.2) is 45.0 Å². The van der Waals surface area contributed by atoms with E-state index in [-0.39, 0.29) is 11.5 Å². The Morgan fingerprint density at radius 1 is 1.21 bits per heavy atom. The van der Waals surface area contributed by atoms with E-state index < -0.39 is 0 Å². The van der Waals surface area contributed by atoms with Crippen LogP contribution in [-0.2, 0) is 17.6 Å². The highest BCUT2D eigenvalue weighted by Gasteiger charge is 2.07. The zero-order valence-corrected chi connectivity index (χ0v) is 15.2. The monoisotopic (exact) mass is 405 g/mol. The van der Waals surface area contributed by atoms with E-state index in [1.54, 1.807) is 29.5 Å². The summed E-state index contributed by atoms with van der Waals surface area (Å²) in [5, 5.41) is 3.46. The van der Waals surface area contributed by atoms with Gasteiger partial charge in [-0.15, -0.1) is 11.3 Å². The van der Waals surface area contributed by atoms with Gasteiger partial charge in [-0.1, -0.05) is 12.1 Å². The summed E-state index contributed by atoms with van der Waals surface area (Å²) in [6.45, 7) is 0.605. The molecule has 0 bridgehead atoms. The van der Waals surface area contributed by atoms with E-state index in [0.29, 0.717) is 36.1 Å². The lowest BCUT2D eigenvalue weighted by Gasteiger charge is -2.05. The molecular weight excluding hydrogens is 390 g/mol. The first-order valence-electron chi connectivity index (χ1n) is 7.60. The van der Waals surface area contributed by atoms with Crippen molar-refractivity contribution in [3.05, 3.63) is 61.2 Å². The van der Waals surface area contributed by atoms with E-state index in [1.807, 2.05) is 18.2 Å². The van der Waals surface area contributed by atoms with Crippen LogP contribution in [-0.4, -0.2) is 22.4 Å². The largest absolute Gasteiger partial charge is 0.356 e. The molecule has 5 nitrogen and oxygen atoms in total. The standard InChI is InChI=1S/C17H16BrN3O2S/c18-14-6-5-11(24-14)9-10-19-16(22)8-7-15-20-13-4-2-1-3-12(13)17(23)21-15/h1-6H,7-10H2,(H,19,22)(H,20,21,23). The fourth-order valence-corrected chi connectivity index (χ4v) is 3.87. The fraction of sp³-hybridized carbons (Fsp3) is 0.235. The Hall–Kier alpha value is -1.99. The minimum absolute atomic E-state index is 0.0403. The Bertz CT molecular complexity index is 919. The molecule has 1 amide bonds. The van der Waals surface area contributed by atoms with Crippen LogP contribution < -0.4 is 10.9 Å². The number of halogens is 1. The number of aryl methyl sites for hydroxylation is 1. The second-order valence-electron chi connectivity index (χ2n) is 5.34. The number of amides is 1. The van der Waals surface area contributed by atoms with Gasteiger partial charge in [-0.2, -0.15) is 0 Å². The molecule has 24 heavy (non-hydrogen) atoms. The average Bonchev–Trinajstić information content (AvgIpc) is 2.98. The van der Waals surface area contributed by atoms with Crippen molar-refractivity contribution in [3.8, 4) is 0 Å². The van der Waals surface area contributed by atoms with Crippen molar-refractivity contribution in [1.29, 1.82) is 0 Å². The summed E-state index contributed by atoms with van der Waals surface area (Å²) >= 11 is 5.09. The Kier molecular flexibility index (Phi) is 5.42. The second-order valence-corrected chi connectivity index (χ2v) is 7.88. The first kappa shape index (κ1) is 16.9. The van der Waals surface area contributed by atoms with Crippen LogP contribution in [0, 0.1) is 0 Å². The van der Waals surface area contributed by atoms with Gasteiger partial charge in [-0.3, -0.25) is 9.59 Å². The molecule has 2 N–H and O–H groups in total. The van der Waals surface area contributed by atoms with E-state index in [9.17, 15) is 9.59 Å². The summed E-state index contributed by atoms with van der Waals surface area (Å²) in [5.74, 6) is 0.498. The molecule has 0 aliphatic carbocycles. The molecule has 0 aliphatic heterocycles. The molecule has 0 atom stereocenters. The van der Waals surface area contributed by atoms with Gasteiger partial charge in [0.05, 0.1) is 14.7 Å². The second kappa shape index (κ2) is 7.72. The number of hydrogen-bond acceptors (Lipinski definition) is 4. The van der Waals surface area contributed by atoms with E-state index >= 15 is 0 Å². The maximum Gasteiger partial charge on any atom is 0.258 e. The Morgan fingerprint density at radius 2 is 2.04 bits per heavy atom. The number of para-hydroxylation sites is 1. The molecule has 0 radical (unpaired) electrons. The number of benzene rings is 1. The van der Waals surface area contributed by atoms with Gasteiger partial charge in [0.25, 0.3) is 5.56 Å². The Morgan fingerprint density at radius 3 is 2.83 bits per heavy atom. The summed E-state index contributed by atoms with van der Waals surface area (Å²) in [6.07, 6.45) is 1.53. The van der Waals surface area contributed by atoms with Gasteiger partial charge in [0, 0.05) is 24.3 Å². The number of nitrogens with zero attached hydrogens (tertiary/aromatic N) is 1. The van der Waals surface area contributed by atoms with Crippen molar-refractivity contribution in [2.24, 2.45) is 0 Å². The van der Waals surface area contributed by atoms with Gasteiger partial charge in [-0.05, 0) is 46.6 Å². The highest BCUT2D eigenvalue weighted by atomic mass is 79.9. The fourth-order valence-electron chi connectivity index (χ4n) is 2.38. The molecule has 0 saturated heterocycles. The van der Waals surface area contributed by atoms with Crippen LogP contribution in [0.4, 0.5) is 0 Å². The number of thiophene rings is 1. The van der Waals surface area contributed by atoms with Crippen LogP contribution in [0.2, 0.25) is 0 Å². The van der Waals surface area contributed by atoms with Crippen LogP contribution in [0.3, 0.4) is 0 Å². The van der Waals surface area contributed by atoms with Crippen LogP contribution in [0.5, 0.6) is 0 Å². The third-order valence-electron chi connectivity index (χ3n) is 3.57. The summed E-state index contributed by atoms with van der Waals surface area (Å²) in [6, 6.07) is 11.2. The van der Waals surface area contributed by atoms with E-state index in [2.05, 4.69) is 31.2 Å². The maximum atomic E-state index is 12.0. The molecule has 0 spiro atoms. The lowest BCUT2D eigenvalue weighted by atomic mass is 10.2. The molecule has 3 aromatic rings.